The molecule has 9 heteroatoms. The zero-order valence-corrected chi connectivity index (χ0v) is 15.7. The summed E-state index contributed by atoms with van der Waals surface area (Å²) in [6.45, 7) is 0. The highest BCUT2D eigenvalue weighted by Crippen LogP contribution is 2.55. The van der Waals surface area contributed by atoms with E-state index in [-0.39, 0.29) is 22.6 Å². The van der Waals surface area contributed by atoms with Crippen LogP contribution in [0.5, 0.6) is 0 Å². The summed E-state index contributed by atoms with van der Waals surface area (Å²) in [5.41, 5.74) is 8.07. The number of allylic oxidation sites excluding steroid dienone is 1. The van der Waals surface area contributed by atoms with Gasteiger partial charge in [0, 0.05) is 18.8 Å². The van der Waals surface area contributed by atoms with Crippen LogP contribution in [0.1, 0.15) is 45.4 Å². The van der Waals surface area contributed by atoms with E-state index in [1.54, 1.807) is 18.2 Å². The molecule has 4 N–H and O–H groups in total. The number of benzene rings is 1. The van der Waals surface area contributed by atoms with Gasteiger partial charge in [0.2, 0.25) is 5.91 Å². The number of hydrogen-bond donors (Lipinski definition) is 3. The smallest absolute Gasteiger partial charge is 0.318 e. The Kier molecular flexibility index (Phi) is 5.70. The number of nitrogens with two attached hydrogens (primary N) is 1. The number of rotatable bonds is 6. The number of aromatic nitrogens is 2. The number of hydrogen-bond acceptors (Lipinski definition) is 5. The van der Waals surface area contributed by atoms with E-state index < -0.39 is 11.9 Å². The van der Waals surface area contributed by atoms with Gasteiger partial charge >= 0.3 is 6.03 Å². The second-order valence-corrected chi connectivity index (χ2v) is 6.71. The Labute approximate surface area is 166 Å². The summed E-state index contributed by atoms with van der Waals surface area (Å²) in [6.07, 6.45) is 2.71. The molecule has 1 aromatic heterocycles. The van der Waals surface area contributed by atoms with Crippen molar-refractivity contribution < 1.29 is 14.4 Å². The van der Waals surface area contributed by atoms with Crippen LogP contribution in [0.2, 0.25) is 5.15 Å². The minimum absolute atomic E-state index is 0.126. The SMILES string of the molecule is CNC(=O)N/C=C(\C=O)c1cc(C2C[C@@H]2c2ccc(C(N)=O)cc2)c(Cl)nn1. The topological polar surface area (TPSA) is 127 Å². The van der Waals surface area contributed by atoms with Gasteiger partial charge in [-0.15, -0.1) is 10.2 Å². The minimum Gasteiger partial charge on any atom is -0.366 e. The molecule has 2 aromatic rings. The van der Waals surface area contributed by atoms with Crippen molar-refractivity contribution in [1.82, 2.24) is 20.8 Å². The van der Waals surface area contributed by atoms with Crippen molar-refractivity contribution in [1.29, 1.82) is 0 Å². The summed E-state index contributed by atoms with van der Waals surface area (Å²) >= 11 is 6.23. The lowest BCUT2D eigenvalue weighted by Gasteiger charge is -2.07. The molecule has 1 aromatic carbocycles. The van der Waals surface area contributed by atoms with Gasteiger partial charge in [0.25, 0.3) is 0 Å². The molecule has 3 amide bonds. The van der Waals surface area contributed by atoms with Crippen LogP contribution in [-0.2, 0) is 4.79 Å². The molecule has 0 saturated heterocycles. The van der Waals surface area contributed by atoms with Crippen LogP contribution >= 0.6 is 11.6 Å². The maximum Gasteiger partial charge on any atom is 0.318 e. The number of primary amides is 1. The van der Waals surface area contributed by atoms with Crippen LogP contribution < -0.4 is 16.4 Å². The second kappa shape index (κ2) is 8.18. The molecule has 0 aliphatic heterocycles. The molecule has 144 valence electrons. The molecule has 1 aliphatic rings. The first-order valence-corrected chi connectivity index (χ1v) is 8.89. The molecule has 0 radical (unpaired) electrons. The molecule has 0 spiro atoms. The van der Waals surface area contributed by atoms with E-state index in [4.69, 9.17) is 17.3 Å². The molecule has 1 fully saturated rings. The van der Waals surface area contributed by atoms with E-state index in [2.05, 4.69) is 20.8 Å². The van der Waals surface area contributed by atoms with Crippen molar-refractivity contribution in [2.45, 2.75) is 18.3 Å². The average molecular weight is 400 g/mol. The Balaban J connectivity index is 1.81. The Morgan fingerprint density at radius 2 is 1.93 bits per heavy atom. The lowest BCUT2D eigenvalue weighted by molar-refractivity contribution is -0.103. The minimum atomic E-state index is -0.469. The maximum absolute atomic E-state index is 11.4. The first-order chi connectivity index (χ1) is 13.4. The lowest BCUT2D eigenvalue weighted by atomic mass is 10.0. The van der Waals surface area contributed by atoms with E-state index in [9.17, 15) is 14.4 Å². The number of amides is 3. The van der Waals surface area contributed by atoms with Gasteiger partial charge in [-0.1, -0.05) is 23.7 Å². The molecule has 8 nitrogen and oxygen atoms in total. The molecule has 2 atom stereocenters. The molecule has 0 bridgehead atoms. The molecular weight excluding hydrogens is 382 g/mol. The number of carbonyl (C=O) groups is 3. The second-order valence-electron chi connectivity index (χ2n) is 6.35. The van der Waals surface area contributed by atoms with Crippen LogP contribution in [0.4, 0.5) is 4.79 Å². The Morgan fingerprint density at radius 1 is 1.21 bits per heavy atom. The molecule has 1 aliphatic carbocycles. The van der Waals surface area contributed by atoms with Gasteiger partial charge in [-0.05, 0) is 47.6 Å². The van der Waals surface area contributed by atoms with E-state index in [0.29, 0.717) is 17.5 Å². The third-order valence-corrected chi connectivity index (χ3v) is 4.89. The van der Waals surface area contributed by atoms with Crippen LogP contribution in [0.25, 0.3) is 5.57 Å². The zero-order chi connectivity index (χ0) is 20.3. The summed E-state index contributed by atoms with van der Waals surface area (Å²) in [5, 5.41) is 13.0. The van der Waals surface area contributed by atoms with E-state index >= 15 is 0 Å². The first kappa shape index (κ1) is 19.5. The third-order valence-electron chi connectivity index (χ3n) is 4.60. The van der Waals surface area contributed by atoms with Crippen LogP contribution in [0, 0.1) is 0 Å². The largest absolute Gasteiger partial charge is 0.366 e. The molecule has 1 heterocycles. The molecular formula is C19H18ClN5O3. The predicted octanol–water partition coefficient (Wildman–Crippen LogP) is 1.97. The van der Waals surface area contributed by atoms with Crippen molar-refractivity contribution in [2.75, 3.05) is 7.05 Å². The fourth-order valence-corrected chi connectivity index (χ4v) is 3.21. The van der Waals surface area contributed by atoms with Gasteiger partial charge < -0.3 is 16.4 Å². The highest BCUT2D eigenvalue weighted by Gasteiger charge is 2.41. The number of carbonyl (C=O) groups excluding carboxylic acids is 3. The molecule has 3 rings (SSSR count). The van der Waals surface area contributed by atoms with Crippen molar-refractivity contribution in [3.63, 3.8) is 0 Å². The third kappa shape index (κ3) is 4.17. The van der Waals surface area contributed by atoms with Crippen molar-refractivity contribution >= 4 is 35.4 Å². The highest BCUT2D eigenvalue weighted by atomic mass is 35.5. The van der Waals surface area contributed by atoms with Crippen LogP contribution in [0.15, 0.2) is 36.5 Å². The fraction of sp³-hybridized carbons (Fsp3) is 0.211. The summed E-state index contributed by atoms with van der Waals surface area (Å²) < 4.78 is 0. The monoisotopic (exact) mass is 399 g/mol. The average Bonchev–Trinajstić information content (AvgIpc) is 3.50. The predicted molar refractivity (Wildman–Crippen MR) is 104 cm³/mol. The Morgan fingerprint density at radius 3 is 2.54 bits per heavy atom. The summed E-state index contributed by atoms with van der Waals surface area (Å²) in [4.78, 5) is 33.9. The van der Waals surface area contributed by atoms with E-state index in [1.165, 1.54) is 13.2 Å². The Hall–Kier alpha value is -3.26. The van der Waals surface area contributed by atoms with Crippen molar-refractivity contribution in [3.05, 3.63) is 64.1 Å². The lowest BCUT2D eigenvalue weighted by Crippen LogP contribution is -2.28. The zero-order valence-electron chi connectivity index (χ0n) is 15.0. The number of halogens is 1. The number of urea groups is 1. The van der Waals surface area contributed by atoms with Gasteiger partial charge in [0.15, 0.2) is 11.4 Å². The summed E-state index contributed by atoms with van der Waals surface area (Å²) in [5.74, 6) is -0.117. The normalized spacial score (nSPS) is 18.3. The van der Waals surface area contributed by atoms with Crippen molar-refractivity contribution in [3.8, 4) is 0 Å². The van der Waals surface area contributed by atoms with Gasteiger partial charge in [0.1, 0.15) is 0 Å². The van der Waals surface area contributed by atoms with Gasteiger partial charge in [0.05, 0.1) is 11.3 Å². The van der Waals surface area contributed by atoms with Crippen LogP contribution in [-0.4, -0.2) is 35.5 Å². The molecule has 1 unspecified atom stereocenters. The first-order valence-electron chi connectivity index (χ1n) is 8.51. The summed E-state index contributed by atoms with van der Waals surface area (Å²) in [7, 11) is 1.47. The number of nitrogens with zero attached hydrogens (tertiary/aromatic N) is 2. The van der Waals surface area contributed by atoms with Gasteiger partial charge in [-0.25, -0.2) is 4.79 Å². The molecule has 1 saturated carbocycles. The van der Waals surface area contributed by atoms with Crippen LogP contribution in [0.3, 0.4) is 0 Å². The number of aldehydes is 1. The maximum atomic E-state index is 11.4. The highest BCUT2D eigenvalue weighted by molar-refractivity contribution is 6.30. The van der Waals surface area contributed by atoms with Crippen molar-refractivity contribution in [2.24, 2.45) is 5.73 Å². The van der Waals surface area contributed by atoms with Gasteiger partial charge in [-0.3, -0.25) is 9.59 Å². The fourth-order valence-electron chi connectivity index (χ4n) is 2.98. The molecule has 28 heavy (non-hydrogen) atoms. The number of nitrogens with one attached hydrogen (secondary N) is 2. The van der Waals surface area contributed by atoms with E-state index in [0.717, 1.165) is 17.5 Å². The quantitative estimate of drug-likeness (QED) is 0.505. The summed E-state index contributed by atoms with van der Waals surface area (Å²) in [6, 6.07) is 8.40. The Bertz CT molecular complexity index is 959. The van der Waals surface area contributed by atoms with E-state index in [1.807, 2.05) is 12.1 Å². The van der Waals surface area contributed by atoms with Gasteiger partial charge in [-0.2, -0.15) is 0 Å². The standard InChI is InChI=1S/C19H18ClN5O3/c1-22-19(28)23-8-12(9-26)16-7-15(17(20)25-24-16)14-6-13(14)10-2-4-11(5-3-10)18(21)27/h2-5,7-9,13-14H,6H2,1H3,(H2,21,27)(H2,22,23,28)/b12-8+/t13-,14?/m1/s1.